The molecule has 1 fully saturated rings. The van der Waals surface area contributed by atoms with Gasteiger partial charge in [-0.2, -0.15) is 0 Å². The first-order valence-electron chi connectivity index (χ1n) is 7.35. The number of rotatable bonds is 4. The SMILES string of the molecule is Cc1ccc(COC(=O)N2CCC(CC(=O)O)C(F)(F)C2)cc1. The molecule has 126 valence electrons. The number of likely N-dealkylation sites (tertiary alicyclic amines) is 1. The van der Waals surface area contributed by atoms with E-state index in [1.165, 1.54) is 0 Å². The number of ether oxygens (including phenoxy) is 1. The second-order valence-corrected chi connectivity index (χ2v) is 5.81. The highest BCUT2D eigenvalue weighted by molar-refractivity contribution is 5.69. The molecule has 0 spiro atoms. The molecule has 1 aliphatic heterocycles. The lowest BCUT2D eigenvalue weighted by Crippen LogP contribution is -2.51. The number of aryl methyl sites for hydroxylation is 1. The first-order valence-corrected chi connectivity index (χ1v) is 7.35. The summed E-state index contributed by atoms with van der Waals surface area (Å²) in [7, 11) is 0. The highest BCUT2D eigenvalue weighted by atomic mass is 19.3. The minimum Gasteiger partial charge on any atom is -0.481 e. The molecule has 0 saturated carbocycles. The summed E-state index contributed by atoms with van der Waals surface area (Å²) >= 11 is 0. The number of nitrogens with zero attached hydrogens (tertiary/aromatic N) is 1. The number of hydrogen-bond donors (Lipinski definition) is 1. The number of halogens is 2. The maximum atomic E-state index is 13.9. The van der Waals surface area contributed by atoms with Crippen LogP contribution in [0.2, 0.25) is 0 Å². The van der Waals surface area contributed by atoms with Gasteiger partial charge in [0.1, 0.15) is 6.61 Å². The molecule has 0 aromatic heterocycles. The number of aliphatic carboxylic acids is 1. The second kappa shape index (κ2) is 6.93. The summed E-state index contributed by atoms with van der Waals surface area (Å²) in [4.78, 5) is 23.5. The normalized spacial score (nSPS) is 20.1. The Morgan fingerprint density at radius 3 is 2.57 bits per heavy atom. The van der Waals surface area contributed by atoms with Crippen molar-refractivity contribution >= 4 is 12.1 Å². The van der Waals surface area contributed by atoms with Gasteiger partial charge in [0, 0.05) is 12.5 Å². The smallest absolute Gasteiger partial charge is 0.410 e. The van der Waals surface area contributed by atoms with Gasteiger partial charge in [0.05, 0.1) is 13.0 Å². The van der Waals surface area contributed by atoms with Gasteiger partial charge in [0.2, 0.25) is 0 Å². The van der Waals surface area contributed by atoms with E-state index in [9.17, 15) is 18.4 Å². The van der Waals surface area contributed by atoms with Crippen molar-refractivity contribution in [3.63, 3.8) is 0 Å². The Labute approximate surface area is 132 Å². The first-order chi connectivity index (χ1) is 10.8. The molecule has 1 amide bonds. The molecule has 0 bridgehead atoms. The van der Waals surface area contributed by atoms with Crippen LogP contribution in [0, 0.1) is 12.8 Å². The molecule has 1 saturated heterocycles. The van der Waals surface area contributed by atoms with Gasteiger partial charge < -0.3 is 14.7 Å². The summed E-state index contributed by atoms with van der Waals surface area (Å²) in [5, 5.41) is 8.66. The topological polar surface area (TPSA) is 66.8 Å². The first kappa shape index (κ1) is 17.2. The number of carboxylic acids is 1. The number of piperidine rings is 1. The van der Waals surface area contributed by atoms with Gasteiger partial charge in [0.25, 0.3) is 5.92 Å². The molecular weight excluding hydrogens is 308 g/mol. The average molecular weight is 327 g/mol. The van der Waals surface area contributed by atoms with Crippen LogP contribution in [0.25, 0.3) is 0 Å². The third kappa shape index (κ3) is 4.64. The van der Waals surface area contributed by atoms with Crippen molar-refractivity contribution in [2.45, 2.75) is 32.3 Å². The zero-order valence-electron chi connectivity index (χ0n) is 12.8. The van der Waals surface area contributed by atoms with E-state index in [-0.39, 0.29) is 19.6 Å². The lowest BCUT2D eigenvalue weighted by Gasteiger charge is -2.37. The van der Waals surface area contributed by atoms with Gasteiger partial charge in [-0.1, -0.05) is 29.8 Å². The Morgan fingerprint density at radius 2 is 2.00 bits per heavy atom. The molecule has 7 heteroatoms. The van der Waals surface area contributed by atoms with Gasteiger partial charge in [-0.25, -0.2) is 13.6 Å². The highest BCUT2D eigenvalue weighted by Gasteiger charge is 2.46. The number of alkyl halides is 2. The van der Waals surface area contributed by atoms with Crippen molar-refractivity contribution < 1.29 is 28.2 Å². The molecular formula is C16H19F2NO4. The van der Waals surface area contributed by atoms with E-state index in [0.717, 1.165) is 16.0 Å². The Hall–Kier alpha value is -2.18. The van der Waals surface area contributed by atoms with E-state index in [2.05, 4.69) is 0 Å². The number of carbonyl (C=O) groups excluding carboxylic acids is 1. The standard InChI is InChI=1S/C16H19F2NO4/c1-11-2-4-12(5-3-11)9-23-15(22)19-7-6-13(8-14(20)21)16(17,18)10-19/h2-5,13H,6-10H2,1H3,(H,20,21). The summed E-state index contributed by atoms with van der Waals surface area (Å²) < 4.78 is 32.9. The van der Waals surface area contributed by atoms with Crippen LogP contribution in [-0.2, 0) is 16.1 Å². The summed E-state index contributed by atoms with van der Waals surface area (Å²) in [6, 6.07) is 7.34. The van der Waals surface area contributed by atoms with E-state index < -0.39 is 36.9 Å². The zero-order chi connectivity index (χ0) is 17.0. The van der Waals surface area contributed by atoms with E-state index in [0.29, 0.717) is 0 Å². The third-order valence-electron chi connectivity index (χ3n) is 3.91. The Balaban J connectivity index is 1.88. The molecule has 2 rings (SSSR count). The van der Waals surface area contributed by atoms with E-state index >= 15 is 0 Å². The molecule has 0 radical (unpaired) electrons. The Morgan fingerprint density at radius 1 is 1.35 bits per heavy atom. The number of hydrogen-bond acceptors (Lipinski definition) is 3. The summed E-state index contributed by atoms with van der Waals surface area (Å²) in [5.41, 5.74) is 1.84. The monoisotopic (exact) mass is 327 g/mol. The third-order valence-corrected chi connectivity index (χ3v) is 3.91. The summed E-state index contributed by atoms with van der Waals surface area (Å²) in [6.45, 7) is 1.21. The predicted octanol–water partition coefficient (Wildman–Crippen LogP) is 3.06. The Bertz CT molecular complexity index is 574. The van der Waals surface area contributed by atoms with Crippen molar-refractivity contribution in [1.29, 1.82) is 0 Å². The fourth-order valence-electron chi connectivity index (χ4n) is 2.52. The van der Waals surface area contributed by atoms with E-state index in [1.54, 1.807) is 12.1 Å². The molecule has 1 aromatic carbocycles. The van der Waals surface area contributed by atoms with Gasteiger partial charge in [0.15, 0.2) is 0 Å². The molecule has 1 aromatic rings. The van der Waals surface area contributed by atoms with Crippen molar-refractivity contribution in [3.8, 4) is 0 Å². The maximum Gasteiger partial charge on any atom is 0.410 e. The predicted molar refractivity (Wildman–Crippen MR) is 78.2 cm³/mol. The average Bonchev–Trinajstić information content (AvgIpc) is 2.47. The van der Waals surface area contributed by atoms with Crippen LogP contribution in [0.1, 0.15) is 24.0 Å². The van der Waals surface area contributed by atoms with Crippen LogP contribution in [0.15, 0.2) is 24.3 Å². The lowest BCUT2D eigenvalue weighted by atomic mass is 9.90. The van der Waals surface area contributed by atoms with Gasteiger partial charge in [-0.3, -0.25) is 4.79 Å². The summed E-state index contributed by atoms with van der Waals surface area (Å²) in [5.74, 6) is -5.73. The number of carbonyl (C=O) groups is 2. The number of carboxylic acid groups (broad SMARTS) is 1. The number of benzene rings is 1. The van der Waals surface area contributed by atoms with Crippen molar-refractivity contribution in [2.75, 3.05) is 13.1 Å². The molecule has 1 atom stereocenters. The van der Waals surface area contributed by atoms with E-state index in [1.807, 2.05) is 19.1 Å². The maximum absolute atomic E-state index is 13.9. The van der Waals surface area contributed by atoms with Crippen LogP contribution in [0.4, 0.5) is 13.6 Å². The van der Waals surface area contributed by atoms with Crippen LogP contribution in [-0.4, -0.2) is 41.1 Å². The highest BCUT2D eigenvalue weighted by Crippen LogP contribution is 2.35. The van der Waals surface area contributed by atoms with Gasteiger partial charge in [-0.15, -0.1) is 0 Å². The van der Waals surface area contributed by atoms with Crippen LogP contribution >= 0.6 is 0 Å². The van der Waals surface area contributed by atoms with Crippen molar-refractivity contribution in [1.82, 2.24) is 4.90 Å². The minimum atomic E-state index is -3.22. The minimum absolute atomic E-state index is 0.0136. The lowest BCUT2D eigenvalue weighted by molar-refractivity contribution is -0.148. The Kier molecular flexibility index (Phi) is 5.18. The fraction of sp³-hybridized carbons (Fsp3) is 0.500. The second-order valence-electron chi connectivity index (χ2n) is 5.81. The van der Waals surface area contributed by atoms with Crippen LogP contribution in [0.3, 0.4) is 0 Å². The van der Waals surface area contributed by atoms with E-state index in [4.69, 9.17) is 9.84 Å². The van der Waals surface area contributed by atoms with Crippen molar-refractivity contribution in [3.05, 3.63) is 35.4 Å². The molecule has 1 heterocycles. The van der Waals surface area contributed by atoms with Crippen molar-refractivity contribution in [2.24, 2.45) is 5.92 Å². The van der Waals surface area contributed by atoms with Gasteiger partial charge in [-0.05, 0) is 18.9 Å². The molecule has 1 unspecified atom stereocenters. The quantitative estimate of drug-likeness (QED) is 0.923. The fourth-order valence-corrected chi connectivity index (χ4v) is 2.52. The van der Waals surface area contributed by atoms with Gasteiger partial charge >= 0.3 is 12.1 Å². The number of amides is 1. The van der Waals surface area contributed by atoms with Crippen LogP contribution in [0.5, 0.6) is 0 Å². The largest absolute Gasteiger partial charge is 0.481 e. The molecule has 1 aliphatic rings. The molecule has 23 heavy (non-hydrogen) atoms. The van der Waals surface area contributed by atoms with Crippen LogP contribution < -0.4 is 0 Å². The molecule has 0 aliphatic carbocycles. The molecule has 1 N–H and O–H groups in total. The molecule has 5 nitrogen and oxygen atoms in total. The summed E-state index contributed by atoms with van der Waals surface area (Å²) in [6.07, 6.45) is -1.46. The zero-order valence-corrected chi connectivity index (χ0v) is 12.8.